The van der Waals surface area contributed by atoms with E-state index in [-0.39, 0.29) is 24.1 Å². The third-order valence-electron chi connectivity index (χ3n) is 5.19. The van der Waals surface area contributed by atoms with Gasteiger partial charge in [0.2, 0.25) is 0 Å². The molecule has 4 nitrogen and oxygen atoms in total. The average Bonchev–Trinajstić information content (AvgIpc) is 2.63. The molecule has 2 aliphatic heterocycles. The second-order valence-electron chi connectivity index (χ2n) is 7.13. The Balaban J connectivity index is 0.00000225. The number of nitrogens with one attached hydrogen (secondary N) is 1. The molecule has 3 heterocycles. The van der Waals surface area contributed by atoms with Gasteiger partial charge in [0.25, 0.3) is 5.56 Å². The van der Waals surface area contributed by atoms with Gasteiger partial charge < -0.3 is 9.72 Å². The minimum Gasteiger partial charge on any atom is -0.490 e. The minimum absolute atomic E-state index is 0. The van der Waals surface area contributed by atoms with Crippen LogP contribution in [0.25, 0.3) is 10.9 Å². The van der Waals surface area contributed by atoms with Crippen LogP contribution in [0.1, 0.15) is 24.0 Å². The first kappa shape index (κ1) is 21.3. The van der Waals surface area contributed by atoms with Crippen molar-refractivity contribution in [3.8, 4) is 5.75 Å². The first-order chi connectivity index (χ1) is 12.9. The molecule has 1 fully saturated rings. The average molecular weight is 435 g/mol. The van der Waals surface area contributed by atoms with E-state index in [0.717, 1.165) is 40.0 Å². The van der Waals surface area contributed by atoms with Gasteiger partial charge in [-0.15, -0.1) is 12.4 Å². The highest BCUT2D eigenvalue weighted by Crippen LogP contribution is 2.31. The molecule has 0 unspecified atom stereocenters. The largest absolute Gasteiger partial charge is 0.490 e. The number of aryl methyl sites for hydroxylation is 1. The standard InChI is InChI=1S/C19H21F3N2O2S.ClH/c20-19(21,22)11-24-6-3-12(4-7-24)26-13-1-2-17-15(9-13)14-5-8-27-10-16(14)18(25)23-17;/h1-2,9,12H,3-8,10-11H2,(H,23,25);1H. The predicted molar refractivity (Wildman–Crippen MR) is 108 cm³/mol. The Kier molecular flexibility index (Phi) is 6.51. The van der Waals surface area contributed by atoms with Gasteiger partial charge >= 0.3 is 6.18 Å². The molecular weight excluding hydrogens is 413 g/mol. The first-order valence-electron chi connectivity index (χ1n) is 9.10. The Labute approximate surface area is 171 Å². The highest BCUT2D eigenvalue weighted by molar-refractivity contribution is 7.98. The Bertz CT molecular complexity index is 895. The van der Waals surface area contributed by atoms with Crippen molar-refractivity contribution in [1.82, 2.24) is 9.88 Å². The number of halogens is 4. The summed E-state index contributed by atoms with van der Waals surface area (Å²) in [5.74, 6) is 2.43. The zero-order chi connectivity index (χ0) is 19.0. The van der Waals surface area contributed by atoms with Crippen molar-refractivity contribution in [2.24, 2.45) is 0 Å². The molecule has 0 atom stereocenters. The molecule has 0 spiro atoms. The van der Waals surface area contributed by atoms with E-state index in [0.29, 0.717) is 31.7 Å². The van der Waals surface area contributed by atoms with Crippen molar-refractivity contribution in [3.05, 3.63) is 39.7 Å². The lowest BCUT2D eigenvalue weighted by molar-refractivity contribution is -0.149. The van der Waals surface area contributed by atoms with Crippen LogP contribution in [0.3, 0.4) is 0 Å². The number of ether oxygens (including phenoxy) is 1. The van der Waals surface area contributed by atoms with Crippen molar-refractivity contribution >= 4 is 35.1 Å². The summed E-state index contributed by atoms with van der Waals surface area (Å²) < 4.78 is 43.6. The number of rotatable bonds is 3. The van der Waals surface area contributed by atoms with Crippen LogP contribution < -0.4 is 10.3 Å². The zero-order valence-corrected chi connectivity index (χ0v) is 16.8. The summed E-state index contributed by atoms with van der Waals surface area (Å²) >= 11 is 1.76. The van der Waals surface area contributed by atoms with E-state index in [2.05, 4.69) is 4.98 Å². The lowest BCUT2D eigenvalue weighted by atomic mass is 10.0. The lowest BCUT2D eigenvalue weighted by Crippen LogP contribution is -2.42. The minimum atomic E-state index is -4.15. The molecule has 0 amide bonds. The van der Waals surface area contributed by atoms with E-state index in [1.165, 1.54) is 4.90 Å². The smallest absolute Gasteiger partial charge is 0.401 e. The quantitative estimate of drug-likeness (QED) is 0.788. The molecule has 1 saturated heterocycles. The van der Waals surface area contributed by atoms with E-state index in [9.17, 15) is 18.0 Å². The van der Waals surface area contributed by atoms with Gasteiger partial charge in [-0.25, -0.2) is 0 Å². The molecule has 0 saturated carbocycles. The molecule has 0 aliphatic carbocycles. The molecule has 0 radical (unpaired) electrons. The van der Waals surface area contributed by atoms with Crippen molar-refractivity contribution < 1.29 is 17.9 Å². The van der Waals surface area contributed by atoms with Crippen molar-refractivity contribution in [1.29, 1.82) is 0 Å². The summed E-state index contributed by atoms with van der Waals surface area (Å²) in [5, 5.41) is 1.01. The zero-order valence-electron chi connectivity index (χ0n) is 15.2. The molecule has 154 valence electrons. The molecule has 1 N–H and O–H groups in total. The number of aromatic nitrogens is 1. The second kappa shape index (κ2) is 8.55. The molecule has 28 heavy (non-hydrogen) atoms. The number of benzene rings is 1. The van der Waals surface area contributed by atoms with Crippen molar-refractivity contribution in [2.45, 2.75) is 37.3 Å². The van der Waals surface area contributed by atoms with E-state index in [1.54, 1.807) is 11.8 Å². The predicted octanol–water partition coefficient (Wildman–Crippen LogP) is 4.14. The SMILES string of the molecule is Cl.O=c1[nH]c2ccc(OC3CCN(CC(F)(F)F)CC3)cc2c2c1CSCC2. The normalized spacial score (nSPS) is 18.5. The van der Waals surface area contributed by atoms with Gasteiger partial charge in [0, 0.05) is 35.3 Å². The topological polar surface area (TPSA) is 45.3 Å². The van der Waals surface area contributed by atoms with Crippen LogP contribution in [0.4, 0.5) is 13.2 Å². The molecule has 1 aromatic carbocycles. The Morgan fingerprint density at radius 1 is 1.21 bits per heavy atom. The van der Waals surface area contributed by atoms with Gasteiger partial charge in [-0.1, -0.05) is 0 Å². The number of H-pyrrole nitrogens is 1. The molecule has 2 aliphatic rings. The number of thioether (sulfide) groups is 1. The fourth-order valence-electron chi connectivity index (χ4n) is 3.87. The van der Waals surface area contributed by atoms with Gasteiger partial charge in [0.05, 0.1) is 6.54 Å². The van der Waals surface area contributed by atoms with E-state index in [1.807, 2.05) is 18.2 Å². The van der Waals surface area contributed by atoms with Gasteiger partial charge in [0.1, 0.15) is 11.9 Å². The van der Waals surface area contributed by atoms with Crippen LogP contribution in [0.15, 0.2) is 23.0 Å². The lowest BCUT2D eigenvalue weighted by Gasteiger charge is -2.32. The molecule has 0 bridgehead atoms. The summed E-state index contributed by atoms with van der Waals surface area (Å²) in [6.07, 6.45) is -2.22. The fraction of sp³-hybridized carbons (Fsp3) is 0.526. The first-order valence-corrected chi connectivity index (χ1v) is 10.3. The van der Waals surface area contributed by atoms with Gasteiger partial charge in [0.15, 0.2) is 0 Å². The summed E-state index contributed by atoms with van der Waals surface area (Å²) in [7, 11) is 0. The number of nitrogens with zero attached hydrogens (tertiary/aromatic N) is 1. The number of fused-ring (bicyclic) bond motifs is 3. The van der Waals surface area contributed by atoms with Crippen LogP contribution in [0, 0.1) is 0 Å². The number of aromatic amines is 1. The molecular formula is C19H22ClF3N2O2S. The maximum absolute atomic E-state index is 12.5. The maximum atomic E-state index is 12.5. The van der Waals surface area contributed by atoms with Crippen LogP contribution in [0.2, 0.25) is 0 Å². The maximum Gasteiger partial charge on any atom is 0.401 e. The van der Waals surface area contributed by atoms with Crippen LogP contribution in [-0.4, -0.2) is 47.6 Å². The Morgan fingerprint density at radius 3 is 2.68 bits per heavy atom. The summed E-state index contributed by atoms with van der Waals surface area (Å²) in [6, 6.07) is 5.64. The van der Waals surface area contributed by atoms with Crippen molar-refractivity contribution in [2.75, 3.05) is 25.4 Å². The number of pyridine rings is 1. The molecule has 9 heteroatoms. The van der Waals surface area contributed by atoms with Crippen LogP contribution in [0.5, 0.6) is 5.75 Å². The number of hydrogen-bond donors (Lipinski definition) is 1. The summed E-state index contributed by atoms with van der Waals surface area (Å²) in [5.41, 5.74) is 2.72. The Morgan fingerprint density at radius 2 is 1.96 bits per heavy atom. The van der Waals surface area contributed by atoms with Crippen LogP contribution in [-0.2, 0) is 12.2 Å². The van der Waals surface area contributed by atoms with Gasteiger partial charge in [-0.3, -0.25) is 9.69 Å². The molecule has 4 rings (SSSR count). The number of alkyl halides is 3. The molecule has 1 aromatic heterocycles. The van der Waals surface area contributed by atoms with E-state index in [4.69, 9.17) is 4.74 Å². The number of piperidine rings is 1. The second-order valence-corrected chi connectivity index (χ2v) is 8.23. The number of likely N-dealkylation sites (tertiary alicyclic amines) is 1. The number of hydrogen-bond acceptors (Lipinski definition) is 4. The van der Waals surface area contributed by atoms with Crippen LogP contribution >= 0.6 is 24.2 Å². The van der Waals surface area contributed by atoms with E-state index >= 15 is 0 Å². The van der Waals surface area contributed by atoms with E-state index < -0.39 is 12.7 Å². The third-order valence-corrected chi connectivity index (χ3v) is 6.17. The third kappa shape index (κ3) is 4.78. The monoisotopic (exact) mass is 434 g/mol. The highest BCUT2D eigenvalue weighted by atomic mass is 35.5. The Hall–Kier alpha value is -1.38. The van der Waals surface area contributed by atoms with Gasteiger partial charge in [-0.2, -0.15) is 24.9 Å². The van der Waals surface area contributed by atoms with Gasteiger partial charge in [-0.05, 0) is 48.8 Å². The molecule has 2 aromatic rings. The summed E-state index contributed by atoms with van der Waals surface area (Å²) in [6.45, 7) is -0.0807. The fourth-order valence-corrected chi connectivity index (χ4v) is 4.87. The van der Waals surface area contributed by atoms with Crippen molar-refractivity contribution in [3.63, 3.8) is 0 Å². The highest BCUT2D eigenvalue weighted by Gasteiger charge is 2.32. The summed E-state index contributed by atoms with van der Waals surface area (Å²) in [4.78, 5) is 16.6.